The van der Waals surface area contributed by atoms with E-state index in [1.807, 2.05) is 0 Å². The standard InChI is InChI=1S/C21H17F2N5O/c1-13(25-20(29)10-14-6-2-4-8-16(14)22)21-26-19-11-18(24-12-28(19)27-21)15-7-3-5-9-17(15)23/h2-9,11-13H,10H2,1H3,(H,25,29)/t13-/m0/s1. The van der Waals surface area contributed by atoms with E-state index in [1.54, 1.807) is 49.4 Å². The zero-order chi connectivity index (χ0) is 20.4. The van der Waals surface area contributed by atoms with Crippen molar-refractivity contribution in [2.45, 2.75) is 19.4 Å². The van der Waals surface area contributed by atoms with Gasteiger partial charge in [-0.25, -0.2) is 23.3 Å². The number of carbonyl (C=O) groups is 1. The minimum Gasteiger partial charge on any atom is -0.346 e. The van der Waals surface area contributed by atoms with Gasteiger partial charge in [0.25, 0.3) is 0 Å². The molecule has 0 saturated heterocycles. The van der Waals surface area contributed by atoms with Crippen LogP contribution in [0.4, 0.5) is 8.78 Å². The molecule has 146 valence electrons. The van der Waals surface area contributed by atoms with Gasteiger partial charge in [-0.1, -0.05) is 30.3 Å². The first kappa shape index (κ1) is 18.7. The van der Waals surface area contributed by atoms with Crippen LogP contribution in [0.15, 0.2) is 60.9 Å². The molecule has 4 rings (SSSR count). The summed E-state index contributed by atoms with van der Waals surface area (Å²) in [6.07, 6.45) is 1.37. The predicted octanol–water partition coefficient (Wildman–Crippen LogP) is 3.49. The summed E-state index contributed by atoms with van der Waals surface area (Å²) in [5.41, 5.74) is 1.60. The van der Waals surface area contributed by atoms with Gasteiger partial charge in [-0.05, 0) is 30.7 Å². The Morgan fingerprint density at radius 1 is 1.10 bits per heavy atom. The first-order valence-electron chi connectivity index (χ1n) is 9.01. The fourth-order valence-electron chi connectivity index (χ4n) is 2.98. The normalized spacial score (nSPS) is 12.1. The topological polar surface area (TPSA) is 72.2 Å². The Morgan fingerprint density at radius 2 is 1.83 bits per heavy atom. The van der Waals surface area contributed by atoms with Crippen LogP contribution >= 0.6 is 0 Å². The van der Waals surface area contributed by atoms with Crippen LogP contribution in [0.5, 0.6) is 0 Å². The monoisotopic (exact) mass is 393 g/mol. The molecule has 2 aromatic carbocycles. The molecule has 0 bridgehead atoms. The Balaban J connectivity index is 1.52. The molecule has 2 heterocycles. The van der Waals surface area contributed by atoms with E-state index in [9.17, 15) is 13.6 Å². The van der Waals surface area contributed by atoms with Crippen molar-refractivity contribution >= 4 is 11.6 Å². The Bertz CT molecular complexity index is 1190. The number of amides is 1. The molecule has 1 N–H and O–H groups in total. The van der Waals surface area contributed by atoms with Gasteiger partial charge < -0.3 is 5.32 Å². The Labute approximate surface area is 165 Å². The quantitative estimate of drug-likeness (QED) is 0.563. The van der Waals surface area contributed by atoms with Crippen molar-refractivity contribution in [2.24, 2.45) is 0 Å². The van der Waals surface area contributed by atoms with Gasteiger partial charge in [0, 0.05) is 11.6 Å². The molecule has 8 heteroatoms. The number of nitrogens with zero attached hydrogens (tertiary/aromatic N) is 4. The number of rotatable bonds is 5. The SMILES string of the molecule is C[C@H](NC(=O)Cc1ccccc1F)c1nc2cc(-c3ccccc3F)ncn2n1. The maximum atomic E-state index is 14.0. The Kier molecular flexibility index (Phi) is 4.99. The van der Waals surface area contributed by atoms with E-state index < -0.39 is 11.9 Å². The molecule has 29 heavy (non-hydrogen) atoms. The van der Waals surface area contributed by atoms with Crippen LogP contribution < -0.4 is 5.32 Å². The number of benzene rings is 2. The molecule has 0 aliphatic heterocycles. The first-order chi connectivity index (χ1) is 14.0. The molecule has 0 aliphatic rings. The van der Waals surface area contributed by atoms with Gasteiger partial charge in [0.05, 0.1) is 18.2 Å². The summed E-state index contributed by atoms with van der Waals surface area (Å²) in [6, 6.07) is 13.6. The Morgan fingerprint density at radius 3 is 2.59 bits per heavy atom. The fraction of sp³-hybridized carbons (Fsp3) is 0.143. The molecule has 0 unspecified atom stereocenters. The summed E-state index contributed by atoms with van der Waals surface area (Å²) in [5, 5.41) is 7.07. The number of hydrogen-bond donors (Lipinski definition) is 1. The van der Waals surface area contributed by atoms with Crippen LogP contribution in [0.1, 0.15) is 24.4 Å². The van der Waals surface area contributed by atoms with Gasteiger partial charge in [0.1, 0.15) is 18.0 Å². The molecule has 0 fully saturated rings. The molecular weight excluding hydrogens is 376 g/mol. The predicted molar refractivity (Wildman–Crippen MR) is 103 cm³/mol. The smallest absolute Gasteiger partial charge is 0.225 e. The molecule has 0 radical (unpaired) electrons. The van der Waals surface area contributed by atoms with E-state index in [4.69, 9.17) is 0 Å². The van der Waals surface area contributed by atoms with E-state index >= 15 is 0 Å². The highest BCUT2D eigenvalue weighted by atomic mass is 19.1. The maximum absolute atomic E-state index is 14.0. The summed E-state index contributed by atoms with van der Waals surface area (Å²) >= 11 is 0. The highest BCUT2D eigenvalue weighted by molar-refractivity contribution is 5.79. The van der Waals surface area contributed by atoms with Crippen LogP contribution in [0.2, 0.25) is 0 Å². The van der Waals surface area contributed by atoms with Crippen molar-refractivity contribution in [2.75, 3.05) is 0 Å². The second-order valence-corrected chi connectivity index (χ2v) is 6.58. The van der Waals surface area contributed by atoms with Crippen LogP contribution in [0.25, 0.3) is 16.9 Å². The second-order valence-electron chi connectivity index (χ2n) is 6.58. The maximum Gasteiger partial charge on any atom is 0.225 e. The second kappa shape index (κ2) is 7.75. The minimum atomic E-state index is -0.494. The zero-order valence-electron chi connectivity index (χ0n) is 15.5. The third-order valence-corrected chi connectivity index (χ3v) is 4.47. The summed E-state index contributed by atoms with van der Waals surface area (Å²) in [7, 11) is 0. The first-order valence-corrected chi connectivity index (χ1v) is 9.01. The van der Waals surface area contributed by atoms with E-state index in [-0.39, 0.29) is 18.1 Å². The van der Waals surface area contributed by atoms with Gasteiger partial charge in [-0.2, -0.15) is 0 Å². The largest absolute Gasteiger partial charge is 0.346 e. The number of carbonyl (C=O) groups excluding carboxylic acids is 1. The van der Waals surface area contributed by atoms with Crippen molar-refractivity contribution in [1.29, 1.82) is 0 Å². The lowest BCUT2D eigenvalue weighted by molar-refractivity contribution is -0.121. The van der Waals surface area contributed by atoms with E-state index in [2.05, 4.69) is 20.4 Å². The molecule has 2 aromatic heterocycles. The number of fused-ring (bicyclic) bond motifs is 1. The number of nitrogens with one attached hydrogen (secondary N) is 1. The van der Waals surface area contributed by atoms with Gasteiger partial charge in [-0.15, -0.1) is 5.10 Å². The van der Waals surface area contributed by atoms with Gasteiger partial charge in [0.15, 0.2) is 11.5 Å². The average Bonchev–Trinajstić information content (AvgIpc) is 3.13. The third kappa shape index (κ3) is 3.96. The Hall–Kier alpha value is -3.68. The minimum absolute atomic E-state index is 0.0800. The molecular formula is C21H17F2N5O. The molecule has 1 amide bonds. The van der Waals surface area contributed by atoms with Gasteiger partial charge >= 0.3 is 0 Å². The van der Waals surface area contributed by atoms with Crippen LogP contribution in [-0.4, -0.2) is 25.5 Å². The summed E-state index contributed by atoms with van der Waals surface area (Å²) in [5.74, 6) is -0.767. The van der Waals surface area contributed by atoms with Crippen LogP contribution in [-0.2, 0) is 11.2 Å². The zero-order valence-corrected chi connectivity index (χ0v) is 15.5. The van der Waals surface area contributed by atoms with Crippen molar-refractivity contribution in [3.8, 4) is 11.3 Å². The van der Waals surface area contributed by atoms with E-state index in [0.29, 0.717) is 28.3 Å². The van der Waals surface area contributed by atoms with Gasteiger partial charge in [-0.3, -0.25) is 4.79 Å². The highest BCUT2D eigenvalue weighted by Gasteiger charge is 2.17. The summed E-state index contributed by atoms with van der Waals surface area (Å²) in [6.45, 7) is 1.74. The number of aromatic nitrogens is 4. The van der Waals surface area contributed by atoms with Crippen LogP contribution in [0, 0.1) is 11.6 Å². The molecule has 1 atom stereocenters. The number of hydrogen-bond acceptors (Lipinski definition) is 4. The third-order valence-electron chi connectivity index (χ3n) is 4.47. The lowest BCUT2D eigenvalue weighted by Crippen LogP contribution is -2.29. The molecule has 6 nitrogen and oxygen atoms in total. The molecule has 0 spiro atoms. The fourth-order valence-corrected chi connectivity index (χ4v) is 2.98. The lowest BCUT2D eigenvalue weighted by Gasteiger charge is -2.10. The van der Waals surface area contributed by atoms with Crippen LogP contribution in [0.3, 0.4) is 0 Å². The lowest BCUT2D eigenvalue weighted by atomic mass is 10.1. The van der Waals surface area contributed by atoms with Gasteiger partial charge in [0.2, 0.25) is 5.91 Å². The van der Waals surface area contributed by atoms with E-state index in [1.165, 1.54) is 23.0 Å². The van der Waals surface area contributed by atoms with Crippen molar-refractivity contribution < 1.29 is 13.6 Å². The summed E-state index contributed by atoms with van der Waals surface area (Å²) in [4.78, 5) is 20.9. The molecule has 4 aromatic rings. The molecule has 0 aliphatic carbocycles. The molecule has 0 saturated carbocycles. The van der Waals surface area contributed by atoms with Crippen molar-refractivity contribution in [1.82, 2.24) is 24.9 Å². The average molecular weight is 393 g/mol. The van der Waals surface area contributed by atoms with E-state index in [0.717, 1.165) is 0 Å². The van der Waals surface area contributed by atoms with Crippen molar-refractivity contribution in [3.05, 3.63) is 83.9 Å². The number of halogens is 2. The highest BCUT2D eigenvalue weighted by Crippen LogP contribution is 2.21. The van der Waals surface area contributed by atoms with Crippen molar-refractivity contribution in [3.63, 3.8) is 0 Å². The summed E-state index contributed by atoms with van der Waals surface area (Å²) < 4.78 is 29.2.